The van der Waals surface area contributed by atoms with E-state index in [9.17, 15) is 9.59 Å². The molecule has 0 aliphatic heterocycles. The van der Waals surface area contributed by atoms with Crippen molar-refractivity contribution in [1.29, 1.82) is 0 Å². The number of nitrogens with one attached hydrogen (secondary N) is 1. The summed E-state index contributed by atoms with van der Waals surface area (Å²) in [5.74, 6) is -0.522. The molecule has 1 N–H and O–H groups in total. The molecule has 1 aliphatic carbocycles. The number of nitrogens with zero attached hydrogens (tertiary/aromatic N) is 1. The molecule has 0 spiro atoms. The van der Waals surface area contributed by atoms with E-state index < -0.39 is 0 Å². The fourth-order valence-electron chi connectivity index (χ4n) is 2.98. The summed E-state index contributed by atoms with van der Waals surface area (Å²) in [6.45, 7) is 0.883. The lowest BCUT2D eigenvalue weighted by molar-refractivity contribution is -0.117. The number of ether oxygens (including phenoxy) is 1. The molecule has 0 radical (unpaired) electrons. The number of likely N-dealkylation sites (N-methyl/N-ethyl adjacent to an activating group) is 1. The second-order valence-corrected chi connectivity index (χ2v) is 8.88. The molecule has 0 saturated carbocycles. The number of methoxy groups -OCH3 is 1. The molecule has 0 saturated heterocycles. The zero-order chi connectivity index (χ0) is 18.0. The fourth-order valence-corrected chi connectivity index (χ4v) is 5.44. The monoisotopic (exact) mass is 398 g/mol. The first-order chi connectivity index (χ1) is 12.0. The van der Waals surface area contributed by atoms with Gasteiger partial charge in [0.15, 0.2) is 0 Å². The Morgan fingerprint density at radius 1 is 1.32 bits per heavy atom. The molecule has 134 valence electrons. The van der Waals surface area contributed by atoms with Crippen LogP contribution in [0, 0.1) is 0 Å². The van der Waals surface area contributed by atoms with Crippen LogP contribution in [0.2, 0.25) is 4.34 Å². The van der Waals surface area contributed by atoms with E-state index in [4.69, 9.17) is 16.3 Å². The Kier molecular flexibility index (Phi) is 5.78. The molecule has 1 aliphatic rings. The van der Waals surface area contributed by atoms with Crippen LogP contribution in [0.5, 0.6) is 0 Å². The summed E-state index contributed by atoms with van der Waals surface area (Å²) >= 11 is 8.93. The maximum atomic E-state index is 12.4. The van der Waals surface area contributed by atoms with Crippen LogP contribution >= 0.6 is 34.3 Å². The number of esters is 1. The Labute approximate surface area is 159 Å². The van der Waals surface area contributed by atoms with Gasteiger partial charge in [-0.1, -0.05) is 11.6 Å². The lowest BCUT2D eigenvalue weighted by Gasteiger charge is -2.15. The van der Waals surface area contributed by atoms with Crippen LogP contribution in [0.25, 0.3) is 0 Å². The van der Waals surface area contributed by atoms with Crippen molar-refractivity contribution in [3.05, 3.63) is 37.4 Å². The molecule has 8 heteroatoms. The molecule has 2 aromatic heterocycles. The van der Waals surface area contributed by atoms with Gasteiger partial charge in [-0.3, -0.25) is 9.69 Å². The lowest BCUT2D eigenvalue weighted by Crippen LogP contribution is -2.29. The Morgan fingerprint density at radius 3 is 2.80 bits per heavy atom. The zero-order valence-corrected chi connectivity index (χ0v) is 16.4. The smallest absolute Gasteiger partial charge is 0.341 e. The number of rotatable bonds is 6. The molecule has 2 heterocycles. The highest BCUT2D eigenvalue weighted by Gasteiger charge is 2.28. The Balaban J connectivity index is 1.66. The summed E-state index contributed by atoms with van der Waals surface area (Å²) in [6.07, 6.45) is 2.87. The van der Waals surface area contributed by atoms with Gasteiger partial charge in [0.25, 0.3) is 0 Å². The van der Waals surface area contributed by atoms with Crippen LogP contribution in [0.1, 0.15) is 32.1 Å². The molecular formula is C17H19ClN2O3S2. The van der Waals surface area contributed by atoms with Crippen molar-refractivity contribution in [2.24, 2.45) is 0 Å². The standard InChI is InChI=1S/C17H19ClN2O3S2/c1-20(8-10-6-7-13(18)24-10)9-14(21)19-16-15(17(22)23-2)11-4-3-5-12(11)25-16/h6-7H,3-5,8-9H2,1-2H3,(H,19,21). The average Bonchev–Trinajstić information content (AvgIpc) is 3.22. The summed E-state index contributed by atoms with van der Waals surface area (Å²) in [5.41, 5.74) is 1.56. The van der Waals surface area contributed by atoms with Crippen molar-refractivity contribution in [1.82, 2.24) is 4.90 Å². The number of carbonyl (C=O) groups is 2. The molecule has 25 heavy (non-hydrogen) atoms. The highest BCUT2D eigenvalue weighted by atomic mass is 35.5. The van der Waals surface area contributed by atoms with E-state index in [0.29, 0.717) is 17.1 Å². The first-order valence-corrected chi connectivity index (χ1v) is 9.94. The molecule has 2 aromatic rings. The number of amides is 1. The Bertz CT molecular complexity index is 800. The third-order valence-corrected chi connectivity index (χ3v) is 6.46. The number of halogens is 1. The zero-order valence-electron chi connectivity index (χ0n) is 14.1. The third kappa shape index (κ3) is 4.23. The topological polar surface area (TPSA) is 58.6 Å². The van der Waals surface area contributed by atoms with E-state index in [1.165, 1.54) is 34.7 Å². The summed E-state index contributed by atoms with van der Waals surface area (Å²) in [4.78, 5) is 28.7. The van der Waals surface area contributed by atoms with Gasteiger partial charge in [0.1, 0.15) is 5.00 Å². The predicted molar refractivity (Wildman–Crippen MR) is 102 cm³/mol. The Hall–Kier alpha value is -1.41. The molecule has 0 atom stereocenters. The van der Waals surface area contributed by atoms with Crippen molar-refractivity contribution in [2.75, 3.05) is 26.0 Å². The van der Waals surface area contributed by atoms with E-state index >= 15 is 0 Å². The van der Waals surface area contributed by atoms with Crippen molar-refractivity contribution >= 4 is 51.2 Å². The fraction of sp³-hybridized carbons (Fsp3) is 0.412. The predicted octanol–water partition coefficient (Wildman–Crippen LogP) is 3.81. The van der Waals surface area contributed by atoms with Crippen LogP contribution in [-0.2, 0) is 28.9 Å². The maximum Gasteiger partial charge on any atom is 0.341 e. The van der Waals surface area contributed by atoms with E-state index in [2.05, 4.69) is 5.32 Å². The highest BCUT2D eigenvalue weighted by molar-refractivity contribution is 7.17. The van der Waals surface area contributed by atoms with E-state index in [1.807, 2.05) is 24.1 Å². The first-order valence-electron chi connectivity index (χ1n) is 7.93. The molecule has 5 nitrogen and oxygen atoms in total. The SMILES string of the molecule is COC(=O)c1c(NC(=O)CN(C)Cc2ccc(Cl)s2)sc2c1CCC2. The number of carbonyl (C=O) groups excluding carboxylic acids is 2. The van der Waals surface area contributed by atoms with Crippen molar-refractivity contribution in [2.45, 2.75) is 25.8 Å². The summed E-state index contributed by atoms with van der Waals surface area (Å²) in [5, 5.41) is 3.50. The lowest BCUT2D eigenvalue weighted by atomic mass is 10.1. The van der Waals surface area contributed by atoms with Crippen molar-refractivity contribution in [3.63, 3.8) is 0 Å². The van der Waals surface area contributed by atoms with Gasteiger partial charge < -0.3 is 10.1 Å². The minimum absolute atomic E-state index is 0.143. The van der Waals surface area contributed by atoms with Gasteiger partial charge in [0.05, 0.1) is 23.6 Å². The van der Waals surface area contributed by atoms with Gasteiger partial charge in [-0.2, -0.15) is 0 Å². The summed E-state index contributed by atoms with van der Waals surface area (Å²) in [7, 11) is 3.25. The number of thiophene rings is 2. The molecule has 0 aromatic carbocycles. The van der Waals surface area contributed by atoms with Crippen LogP contribution in [0.4, 0.5) is 5.00 Å². The van der Waals surface area contributed by atoms with Crippen LogP contribution in [0.15, 0.2) is 12.1 Å². The van der Waals surface area contributed by atoms with Gasteiger partial charge in [0.2, 0.25) is 5.91 Å². The quantitative estimate of drug-likeness (QED) is 0.752. The normalized spacial score (nSPS) is 13.1. The van der Waals surface area contributed by atoms with Gasteiger partial charge in [0, 0.05) is 16.3 Å². The van der Waals surface area contributed by atoms with Crippen LogP contribution in [0.3, 0.4) is 0 Å². The van der Waals surface area contributed by atoms with E-state index in [0.717, 1.165) is 34.0 Å². The molecular weight excluding hydrogens is 380 g/mol. The first kappa shape index (κ1) is 18.4. The highest BCUT2D eigenvalue weighted by Crippen LogP contribution is 2.39. The molecule has 0 unspecified atom stereocenters. The number of anilines is 1. The van der Waals surface area contributed by atoms with Crippen LogP contribution < -0.4 is 5.32 Å². The number of fused-ring (bicyclic) bond motifs is 1. The van der Waals surface area contributed by atoms with Crippen molar-refractivity contribution in [3.8, 4) is 0 Å². The second kappa shape index (κ2) is 7.86. The number of hydrogen-bond donors (Lipinski definition) is 1. The third-order valence-electron chi connectivity index (χ3n) is 4.03. The summed E-state index contributed by atoms with van der Waals surface area (Å²) < 4.78 is 5.64. The minimum atomic E-state index is -0.378. The Morgan fingerprint density at radius 2 is 2.12 bits per heavy atom. The molecule has 3 rings (SSSR count). The van der Waals surface area contributed by atoms with Gasteiger partial charge >= 0.3 is 5.97 Å². The molecule has 0 bridgehead atoms. The number of aryl methyl sites for hydroxylation is 1. The number of hydrogen-bond acceptors (Lipinski definition) is 6. The van der Waals surface area contributed by atoms with Gasteiger partial charge in [-0.25, -0.2) is 4.79 Å². The molecule has 0 fully saturated rings. The van der Waals surface area contributed by atoms with Gasteiger partial charge in [-0.15, -0.1) is 22.7 Å². The van der Waals surface area contributed by atoms with Crippen molar-refractivity contribution < 1.29 is 14.3 Å². The second-order valence-electron chi connectivity index (χ2n) is 5.98. The van der Waals surface area contributed by atoms with E-state index in [1.54, 1.807) is 0 Å². The van der Waals surface area contributed by atoms with E-state index in [-0.39, 0.29) is 18.4 Å². The minimum Gasteiger partial charge on any atom is -0.465 e. The average molecular weight is 399 g/mol. The van der Waals surface area contributed by atoms with Crippen LogP contribution in [-0.4, -0.2) is 37.5 Å². The molecule has 1 amide bonds. The largest absolute Gasteiger partial charge is 0.465 e. The summed E-state index contributed by atoms with van der Waals surface area (Å²) in [6, 6.07) is 3.81. The maximum absolute atomic E-state index is 12.4. The van der Waals surface area contributed by atoms with Gasteiger partial charge in [-0.05, 0) is 44.0 Å².